The average molecular weight is 267 g/mol. The molecule has 19 heavy (non-hydrogen) atoms. The SMILES string of the molecule is CCOC1CC(CC(N)C2CCOC3(CCC3)C2)C1. The third-order valence-electron chi connectivity index (χ3n) is 5.60. The molecule has 1 aliphatic heterocycles. The maximum absolute atomic E-state index is 6.48. The Bertz CT molecular complexity index is 297. The summed E-state index contributed by atoms with van der Waals surface area (Å²) in [5.74, 6) is 1.51. The molecule has 0 bridgehead atoms. The summed E-state index contributed by atoms with van der Waals surface area (Å²) in [7, 11) is 0. The fourth-order valence-corrected chi connectivity index (χ4v) is 4.17. The van der Waals surface area contributed by atoms with E-state index in [1.807, 2.05) is 0 Å². The highest BCUT2D eigenvalue weighted by molar-refractivity contribution is 4.97. The van der Waals surface area contributed by atoms with Gasteiger partial charge in [0, 0.05) is 19.3 Å². The fourth-order valence-electron chi connectivity index (χ4n) is 4.17. The lowest BCUT2D eigenvalue weighted by Crippen LogP contribution is -2.50. The second kappa shape index (κ2) is 5.71. The Morgan fingerprint density at radius 1 is 1.37 bits per heavy atom. The molecule has 3 aliphatic rings. The first-order valence-corrected chi connectivity index (χ1v) is 8.22. The van der Waals surface area contributed by atoms with Crippen LogP contribution in [0.15, 0.2) is 0 Å². The lowest BCUT2D eigenvalue weighted by molar-refractivity contribution is -0.147. The molecule has 2 unspecified atom stereocenters. The van der Waals surface area contributed by atoms with Crippen molar-refractivity contribution in [3.8, 4) is 0 Å². The maximum Gasteiger partial charge on any atom is 0.0685 e. The molecule has 2 aliphatic carbocycles. The third-order valence-corrected chi connectivity index (χ3v) is 5.60. The molecule has 1 saturated heterocycles. The summed E-state index contributed by atoms with van der Waals surface area (Å²) in [6.07, 6.45) is 10.5. The van der Waals surface area contributed by atoms with E-state index in [-0.39, 0.29) is 5.60 Å². The van der Waals surface area contributed by atoms with E-state index in [4.69, 9.17) is 15.2 Å². The zero-order chi connectivity index (χ0) is 13.3. The maximum atomic E-state index is 6.48. The summed E-state index contributed by atoms with van der Waals surface area (Å²) in [6, 6.07) is 0.383. The van der Waals surface area contributed by atoms with Gasteiger partial charge in [0.2, 0.25) is 0 Å². The highest BCUT2D eigenvalue weighted by Crippen LogP contribution is 2.46. The van der Waals surface area contributed by atoms with Crippen molar-refractivity contribution in [2.75, 3.05) is 13.2 Å². The van der Waals surface area contributed by atoms with Gasteiger partial charge >= 0.3 is 0 Å². The first-order valence-electron chi connectivity index (χ1n) is 8.22. The van der Waals surface area contributed by atoms with E-state index in [1.165, 1.54) is 51.4 Å². The largest absolute Gasteiger partial charge is 0.378 e. The Morgan fingerprint density at radius 2 is 2.16 bits per heavy atom. The number of hydrogen-bond donors (Lipinski definition) is 1. The van der Waals surface area contributed by atoms with Crippen molar-refractivity contribution in [3.63, 3.8) is 0 Å². The van der Waals surface area contributed by atoms with Crippen LogP contribution in [0.25, 0.3) is 0 Å². The molecule has 1 heterocycles. The first kappa shape index (κ1) is 13.8. The lowest BCUT2D eigenvalue weighted by atomic mass is 9.68. The molecule has 0 amide bonds. The Hall–Kier alpha value is -0.120. The molecule has 0 radical (unpaired) electrons. The molecule has 3 fully saturated rings. The molecule has 3 rings (SSSR count). The second-order valence-electron chi connectivity index (χ2n) is 6.95. The fraction of sp³-hybridized carbons (Fsp3) is 1.00. The molecule has 3 heteroatoms. The summed E-state index contributed by atoms with van der Waals surface area (Å²) in [6.45, 7) is 3.87. The minimum Gasteiger partial charge on any atom is -0.378 e. The van der Waals surface area contributed by atoms with Gasteiger partial charge in [0.1, 0.15) is 0 Å². The zero-order valence-corrected chi connectivity index (χ0v) is 12.3. The Balaban J connectivity index is 1.42. The summed E-state index contributed by atoms with van der Waals surface area (Å²) >= 11 is 0. The van der Waals surface area contributed by atoms with E-state index in [2.05, 4.69) is 6.92 Å². The predicted octanol–water partition coefficient (Wildman–Crippen LogP) is 2.87. The summed E-state index contributed by atoms with van der Waals surface area (Å²) in [5.41, 5.74) is 6.73. The molecular weight excluding hydrogens is 238 g/mol. The van der Waals surface area contributed by atoms with Crippen LogP contribution in [0.4, 0.5) is 0 Å². The normalized spacial score (nSPS) is 38.5. The molecule has 2 N–H and O–H groups in total. The summed E-state index contributed by atoms with van der Waals surface area (Å²) < 4.78 is 11.6. The molecule has 0 aromatic heterocycles. The highest BCUT2D eigenvalue weighted by Gasteiger charge is 2.44. The van der Waals surface area contributed by atoms with Crippen LogP contribution in [0.1, 0.15) is 58.3 Å². The van der Waals surface area contributed by atoms with Crippen LogP contribution < -0.4 is 5.73 Å². The number of hydrogen-bond acceptors (Lipinski definition) is 3. The predicted molar refractivity (Wildman–Crippen MR) is 76.0 cm³/mol. The summed E-state index contributed by atoms with van der Waals surface area (Å²) in [4.78, 5) is 0. The van der Waals surface area contributed by atoms with E-state index in [9.17, 15) is 0 Å². The van der Waals surface area contributed by atoms with Crippen molar-refractivity contribution >= 4 is 0 Å². The van der Waals surface area contributed by atoms with Gasteiger partial charge in [-0.3, -0.25) is 0 Å². The van der Waals surface area contributed by atoms with Gasteiger partial charge in [0.15, 0.2) is 0 Å². The zero-order valence-electron chi connectivity index (χ0n) is 12.3. The van der Waals surface area contributed by atoms with Gasteiger partial charge in [0.25, 0.3) is 0 Å². The van der Waals surface area contributed by atoms with Crippen LogP contribution in [0.5, 0.6) is 0 Å². The number of ether oxygens (including phenoxy) is 2. The number of nitrogens with two attached hydrogens (primary N) is 1. The van der Waals surface area contributed by atoms with E-state index < -0.39 is 0 Å². The van der Waals surface area contributed by atoms with Crippen LogP contribution in [-0.4, -0.2) is 31.0 Å². The van der Waals surface area contributed by atoms with Gasteiger partial charge in [-0.15, -0.1) is 0 Å². The second-order valence-corrected chi connectivity index (χ2v) is 6.95. The van der Waals surface area contributed by atoms with Crippen molar-refractivity contribution in [2.45, 2.75) is 76.0 Å². The monoisotopic (exact) mass is 267 g/mol. The van der Waals surface area contributed by atoms with Gasteiger partial charge < -0.3 is 15.2 Å². The van der Waals surface area contributed by atoms with Crippen molar-refractivity contribution in [2.24, 2.45) is 17.6 Å². The molecular formula is C16H29NO2. The van der Waals surface area contributed by atoms with Gasteiger partial charge in [0.05, 0.1) is 11.7 Å². The highest BCUT2D eigenvalue weighted by atomic mass is 16.5. The average Bonchev–Trinajstić information content (AvgIpc) is 2.34. The van der Waals surface area contributed by atoms with Crippen molar-refractivity contribution in [3.05, 3.63) is 0 Å². The Kier molecular flexibility index (Phi) is 4.16. The lowest BCUT2D eigenvalue weighted by Gasteiger charge is -2.49. The van der Waals surface area contributed by atoms with Crippen molar-refractivity contribution < 1.29 is 9.47 Å². The standard InChI is InChI=1S/C16H29NO2/c1-2-18-14-8-12(9-14)10-15(17)13-4-7-19-16(11-13)5-3-6-16/h12-15H,2-11,17H2,1H3. The smallest absolute Gasteiger partial charge is 0.0685 e. The first-order chi connectivity index (χ1) is 9.21. The van der Waals surface area contributed by atoms with E-state index in [0.717, 1.165) is 19.1 Å². The van der Waals surface area contributed by atoms with Crippen LogP contribution in [0.2, 0.25) is 0 Å². The molecule has 1 spiro atoms. The van der Waals surface area contributed by atoms with Crippen molar-refractivity contribution in [1.82, 2.24) is 0 Å². The Labute approximate surface area is 117 Å². The Morgan fingerprint density at radius 3 is 2.79 bits per heavy atom. The van der Waals surface area contributed by atoms with Crippen LogP contribution in [0.3, 0.4) is 0 Å². The molecule has 0 aromatic rings. The van der Waals surface area contributed by atoms with Gasteiger partial charge in [-0.1, -0.05) is 0 Å². The molecule has 2 atom stereocenters. The van der Waals surface area contributed by atoms with E-state index in [0.29, 0.717) is 18.1 Å². The third kappa shape index (κ3) is 2.98. The minimum atomic E-state index is 0.244. The minimum absolute atomic E-state index is 0.244. The van der Waals surface area contributed by atoms with Gasteiger partial charge in [-0.25, -0.2) is 0 Å². The van der Waals surface area contributed by atoms with Crippen LogP contribution >= 0.6 is 0 Å². The number of rotatable bonds is 5. The molecule has 110 valence electrons. The van der Waals surface area contributed by atoms with Crippen molar-refractivity contribution in [1.29, 1.82) is 0 Å². The van der Waals surface area contributed by atoms with Crippen LogP contribution in [-0.2, 0) is 9.47 Å². The van der Waals surface area contributed by atoms with E-state index >= 15 is 0 Å². The molecule has 3 nitrogen and oxygen atoms in total. The van der Waals surface area contributed by atoms with Crippen LogP contribution in [0, 0.1) is 11.8 Å². The van der Waals surface area contributed by atoms with Gasteiger partial charge in [-0.05, 0) is 70.1 Å². The molecule has 0 aromatic carbocycles. The summed E-state index contributed by atoms with van der Waals surface area (Å²) in [5, 5.41) is 0. The van der Waals surface area contributed by atoms with Gasteiger partial charge in [-0.2, -0.15) is 0 Å². The van der Waals surface area contributed by atoms with E-state index in [1.54, 1.807) is 0 Å². The molecule has 2 saturated carbocycles. The topological polar surface area (TPSA) is 44.5 Å². The quantitative estimate of drug-likeness (QED) is 0.833.